The van der Waals surface area contributed by atoms with Crippen LogP contribution in [0.3, 0.4) is 0 Å². The summed E-state index contributed by atoms with van der Waals surface area (Å²) in [7, 11) is 0. The van der Waals surface area contributed by atoms with Crippen LogP contribution in [0, 0.1) is 0 Å². The molecule has 1 fully saturated rings. The van der Waals surface area contributed by atoms with E-state index in [-0.39, 0.29) is 19.1 Å². The molecule has 0 saturated carbocycles. The van der Waals surface area contributed by atoms with Crippen LogP contribution < -0.4 is 10.2 Å². The third kappa shape index (κ3) is 3.96. The van der Waals surface area contributed by atoms with Gasteiger partial charge in [0.15, 0.2) is 5.82 Å². The van der Waals surface area contributed by atoms with Crippen molar-refractivity contribution in [3.63, 3.8) is 0 Å². The normalized spacial score (nSPS) is 17.0. The van der Waals surface area contributed by atoms with Gasteiger partial charge in [0.1, 0.15) is 17.3 Å². The van der Waals surface area contributed by atoms with Gasteiger partial charge in [0.05, 0.1) is 12.5 Å². The minimum Gasteiger partial charge on any atom is -0.481 e. The summed E-state index contributed by atoms with van der Waals surface area (Å²) in [5.74, 6) is 0.833. The second-order valence-electron chi connectivity index (χ2n) is 5.61. The van der Waals surface area contributed by atoms with E-state index in [1.807, 2.05) is 23.1 Å². The maximum Gasteiger partial charge on any atom is 0.305 e. The van der Waals surface area contributed by atoms with Gasteiger partial charge < -0.3 is 20.4 Å². The number of aliphatic hydroxyl groups excluding tert-OH is 1. The summed E-state index contributed by atoms with van der Waals surface area (Å²) >= 11 is 0. The third-order valence-electron chi connectivity index (χ3n) is 3.74. The van der Waals surface area contributed by atoms with E-state index >= 15 is 0 Å². The molecular formula is C16H19N5O3. The molecule has 1 saturated heterocycles. The van der Waals surface area contributed by atoms with Crippen LogP contribution in [0.15, 0.2) is 30.5 Å². The van der Waals surface area contributed by atoms with Crippen molar-refractivity contribution < 1.29 is 15.0 Å². The number of aliphatic hydroxyl groups is 1. The first-order valence-corrected chi connectivity index (χ1v) is 7.81. The van der Waals surface area contributed by atoms with E-state index in [2.05, 4.69) is 20.3 Å². The van der Waals surface area contributed by atoms with Gasteiger partial charge in [0.2, 0.25) is 0 Å². The SMILES string of the molecule is O=C(O)CCNc1cc(N2CCC(O)C2)nc(-c2ccccn2)n1. The summed E-state index contributed by atoms with van der Waals surface area (Å²) in [4.78, 5) is 25.9. The monoisotopic (exact) mass is 329 g/mol. The molecule has 2 aromatic rings. The average Bonchev–Trinajstić information content (AvgIpc) is 3.02. The van der Waals surface area contributed by atoms with Gasteiger partial charge >= 0.3 is 5.97 Å². The predicted octanol–water partition coefficient (Wildman–Crippen LogP) is 0.996. The van der Waals surface area contributed by atoms with Crippen LogP contribution in [0.4, 0.5) is 11.6 Å². The average molecular weight is 329 g/mol. The van der Waals surface area contributed by atoms with Crippen LogP contribution >= 0.6 is 0 Å². The van der Waals surface area contributed by atoms with Crippen molar-refractivity contribution in [1.82, 2.24) is 15.0 Å². The molecule has 0 amide bonds. The number of aromatic nitrogens is 3. The Hall–Kier alpha value is -2.74. The summed E-state index contributed by atoms with van der Waals surface area (Å²) < 4.78 is 0. The molecule has 0 radical (unpaired) electrons. The number of anilines is 2. The Balaban J connectivity index is 1.88. The first-order valence-electron chi connectivity index (χ1n) is 7.81. The molecule has 1 atom stereocenters. The maximum atomic E-state index is 10.7. The Kier molecular flexibility index (Phi) is 4.85. The van der Waals surface area contributed by atoms with Crippen LogP contribution in [0.5, 0.6) is 0 Å². The number of β-amino-alcohol motifs (C(OH)–C–C–N with tert-alkyl or cyclic N) is 1. The lowest BCUT2D eigenvalue weighted by Gasteiger charge is -2.18. The highest BCUT2D eigenvalue weighted by atomic mass is 16.4. The minimum absolute atomic E-state index is 0.000679. The summed E-state index contributed by atoms with van der Waals surface area (Å²) in [6.45, 7) is 1.51. The summed E-state index contributed by atoms with van der Waals surface area (Å²) in [6.07, 6.45) is 2.01. The highest BCUT2D eigenvalue weighted by molar-refractivity contribution is 5.67. The summed E-state index contributed by atoms with van der Waals surface area (Å²) in [5, 5.41) is 21.5. The van der Waals surface area contributed by atoms with Crippen molar-refractivity contribution in [2.75, 3.05) is 29.9 Å². The minimum atomic E-state index is -0.871. The second kappa shape index (κ2) is 7.22. The second-order valence-corrected chi connectivity index (χ2v) is 5.61. The lowest BCUT2D eigenvalue weighted by molar-refractivity contribution is -0.136. The summed E-state index contributed by atoms with van der Waals surface area (Å²) in [5.41, 5.74) is 0.639. The number of carbonyl (C=O) groups is 1. The number of nitrogens with one attached hydrogen (secondary N) is 1. The Labute approximate surface area is 139 Å². The first kappa shape index (κ1) is 16.1. The molecule has 3 N–H and O–H groups in total. The molecule has 2 aromatic heterocycles. The van der Waals surface area contributed by atoms with Gasteiger partial charge in [-0.25, -0.2) is 9.97 Å². The van der Waals surface area contributed by atoms with E-state index in [4.69, 9.17) is 5.11 Å². The molecule has 126 valence electrons. The number of hydrogen-bond acceptors (Lipinski definition) is 7. The molecule has 3 rings (SSSR count). The smallest absolute Gasteiger partial charge is 0.305 e. The van der Waals surface area contributed by atoms with E-state index in [1.165, 1.54) is 0 Å². The molecule has 1 aliphatic heterocycles. The molecule has 1 unspecified atom stereocenters. The van der Waals surface area contributed by atoms with Crippen molar-refractivity contribution >= 4 is 17.6 Å². The van der Waals surface area contributed by atoms with Crippen LogP contribution in [0.1, 0.15) is 12.8 Å². The van der Waals surface area contributed by atoms with E-state index in [0.717, 1.165) is 0 Å². The molecule has 0 spiro atoms. The van der Waals surface area contributed by atoms with Gasteiger partial charge in [-0.1, -0.05) is 6.07 Å². The number of rotatable bonds is 6. The molecule has 0 aliphatic carbocycles. The highest BCUT2D eigenvalue weighted by Crippen LogP contribution is 2.24. The van der Waals surface area contributed by atoms with Gasteiger partial charge in [0.25, 0.3) is 0 Å². The Morgan fingerprint density at radius 3 is 2.92 bits per heavy atom. The van der Waals surface area contributed by atoms with Gasteiger partial charge in [-0.3, -0.25) is 9.78 Å². The number of aliphatic carboxylic acids is 1. The number of hydrogen-bond donors (Lipinski definition) is 3. The van der Waals surface area contributed by atoms with E-state index in [0.29, 0.717) is 42.7 Å². The quantitative estimate of drug-likeness (QED) is 0.719. The zero-order chi connectivity index (χ0) is 16.9. The largest absolute Gasteiger partial charge is 0.481 e. The van der Waals surface area contributed by atoms with Crippen molar-refractivity contribution in [1.29, 1.82) is 0 Å². The lowest BCUT2D eigenvalue weighted by atomic mass is 10.3. The van der Waals surface area contributed by atoms with E-state index in [1.54, 1.807) is 12.3 Å². The topological polar surface area (TPSA) is 111 Å². The van der Waals surface area contributed by atoms with Crippen LogP contribution in [-0.4, -0.2) is 56.9 Å². The molecule has 1 aliphatic rings. The van der Waals surface area contributed by atoms with Crippen LogP contribution in [0.25, 0.3) is 11.5 Å². The number of carboxylic acids is 1. The molecule has 0 aromatic carbocycles. The van der Waals surface area contributed by atoms with Crippen LogP contribution in [0.2, 0.25) is 0 Å². The molecule has 3 heterocycles. The van der Waals surface area contributed by atoms with E-state index in [9.17, 15) is 9.90 Å². The standard InChI is InChI=1S/C16H19N5O3/c22-11-5-8-21(10-11)14-9-13(18-7-4-15(23)24)19-16(20-14)12-3-1-2-6-17-12/h1-3,6,9,11,22H,4-5,7-8,10H2,(H,23,24)(H,18,19,20). The van der Waals surface area contributed by atoms with Gasteiger partial charge in [-0.2, -0.15) is 0 Å². The van der Waals surface area contributed by atoms with Gasteiger partial charge in [-0.15, -0.1) is 0 Å². The Morgan fingerprint density at radius 1 is 1.38 bits per heavy atom. The van der Waals surface area contributed by atoms with Crippen molar-refractivity contribution in [3.8, 4) is 11.5 Å². The number of carboxylic acid groups (broad SMARTS) is 1. The Bertz CT molecular complexity index is 710. The lowest BCUT2D eigenvalue weighted by Crippen LogP contribution is -2.23. The predicted molar refractivity (Wildman–Crippen MR) is 88.8 cm³/mol. The molecule has 0 bridgehead atoms. The Morgan fingerprint density at radius 2 is 2.25 bits per heavy atom. The van der Waals surface area contributed by atoms with Crippen LogP contribution in [-0.2, 0) is 4.79 Å². The molecule has 8 nitrogen and oxygen atoms in total. The van der Waals surface area contributed by atoms with Crippen molar-refractivity contribution in [3.05, 3.63) is 30.5 Å². The van der Waals surface area contributed by atoms with Gasteiger partial charge in [0, 0.05) is 31.9 Å². The zero-order valence-electron chi connectivity index (χ0n) is 13.1. The molecular weight excluding hydrogens is 310 g/mol. The van der Waals surface area contributed by atoms with Crippen molar-refractivity contribution in [2.24, 2.45) is 0 Å². The fourth-order valence-electron chi connectivity index (χ4n) is 2.54. The van der Waals surface area contributed by atoms with Gasteiger partial charge in [-0.05, 0) is 18.6 Å². The molecule has 24 heavy (non-hydrogen) atoms. The van der Waals surface area contributed by atoms with E-state index < -0.39 is 5.97 Å². The third-order valence-corrected chi connectivity index (χ3v) is 3.74. The number of nitrogens with zero attached hydrogens (tertiary/aromatic N) is 4. The molecule has 8 heteroatoms. The number of pyridine rings is 1. The fraction of sp³-hybridized carbons (Fsp3) is 0.375. The highest BCUT2D eigenvalue weighted by Gasteiger charge is 2.22. The first-order chi connectivity index (χ1) is 11.6. The zero-order valence-corrected chi connectivity index (χ0v) is 13.1. The maximum absolute atomic E-state index is 10.7. The fourth-order valence-corrected chi connectivity index (χ4v) is 2.54. The summed E-state index contributed by atoms with van der Waals surface area (Å²) in [6, 6.07) is 7.26. The van der Waals surface area contributed by atoms with Crippen molar-refractivity contribution in [2.45, 2.75) is 18.9 Å².